The molecule has 0 atom stereocenters. The molecule has 0 unspecified atom stereocenters. The van der Waals surface area contributed by atoms with Crippen LogP contribution in [-0.4, -0.2) is 0 Å². The van der Waals surface area contributed by atoms with E-state index in [9.17, 15) is 0 Å². The number of hydrogen-bond acceptors (Lipinski definition) is 0. The van der Waals surface area contributed by atoms with Crippen LogP contribution in [0.2, 0.25) is 0 Å². The lowest BCUT2D eigenvalue weighted by Crippen LogP contribution is -1.86. The lowest BCUT2D eigenvalue weighted by Gasteiger charge is -2.13. The average Bonchev–Trinajstić information content (AvgIpc) is 3.42. The third-order valence-electron chi connectivity index (χ3n) is 14.6. The van der Waals surface area contributed by atoms with Crippen molar-refractivity contribution in [2.75, 3.05) is 0 Å². The van der Waals surface area contributed by atoms with Gasteiger partial charge in [0.25, 0.3) is 0 Å². The van der Waals surface area contributed by atoms with Gasteiger partial charge in [-0.3, -0.25) is 0 Å². The predicted octanol–water partition coefficient (Wildman–Crippen LogP) is 19.2. The van der Waals surface area contributed by atoms with Crippen molar-refractivity contribution in [2.45, 2.75) is 0 Å². The summed E-state index contributed by atoms with van der Waals surface area (Å²) in [7, 11) is 0. The van der Waals surface area contributed by atoms with Crippen LogP contribution in [-0.2, 0) is 0 Å². The van der Waals surface area contributed by atoms with Crippen molar-refractivity contribution in [3.63, 3.8) is 0 Å². The molecule has 0 fully saturated rings. The van der Waals surface area contributed by atoms with Gasteiger partial charge in [-0.25, -0.2) is 0 Å². The second-order valence-corrected chi connectivity index (χ2v) is 18.4. The average molecular weight is 859 g/mol. The minimum atomic E-state index is 1.22. The number of hydrogen-bond donors (Lipinski definition) is 0. The molecule has 0 amide bonds. The fourth-order valence-electron chi connectivity index (χ4n) is 11.1. The third-order valence-corrected chi connectivity index (χ3v) is 14.6. The highest BCUT2D eigenvalue weighted by molar-refractivity contribution is 6.16. The van der Waals surface area contributed by atoms with E-state index in [4.69, 9.17) is 0 Å². The molecule has 14 rings (SSSR count). The second kappa shape index (κ2) is 15.4. The summed E-state index contributed by atoms with van der Waals surface area (Å²) < 4.78 is 0. The molecule has 0 bridgehead atoms. The van der Waals surface area contributed by atoms with Crippen LogP contribution in [0, 0.1) is 0 Å². The Hall–Kier alpha value is -8.84. The second-order valence-electron chi connectivity index (χ2n) is 18.4. The van der Waals surface area contributed by atoms with E-state index < -0.39 is 0 Å². The Bertz CT molecular complexity index is 4060. The SMILES string of the molecule is c1ccc2c(c1)cc(-c1ccc(-c3ccc4c(ccc5cc(-c6ccc7c(ccc8cc(-c9ccc(-c%10cc%11ccccc%11c%11ccccc%10%11)cc9)ccc87)c6)ccc54)c3)cc1)c1ccccc12. The molecule has 0 heterocycles. The van der Waals surface area contributed by atoms with Crippen LogP contribution in [0.3, 0.4) is 0 Å². The lowest BCUT2D eigenvalue weighted by atomic mass is 9.91. The van der Waals surface area contributed by atoms with Gasteiger partial charge < -0.3 is 0 Å². The minimum absolute atomic E-state index is 1.22. The maximum absolute atomic E-state index is 2.35. The standard InChI is InChI=1S/C68H42/c1-3-11-57-51(9-1)41-67(65-15-7-5-13-63(57)65)45-21-17-43(18-22-45)47-29-33-59-53(37-47)25-27-55-39-49(31-35-61(55)59)50-32-36-62-56(40-50)28-26-54-38-48(30-34-60(54)62)44-19-23-46(24-20-44)68-42-52-10-2-4-12-58(52)64-14-6-8-16-66(64)68/h1-42H. The van der Waals surface area contributed by atoms with Crippen LogP contribution in [0.1, 0.15) is 0 Å². The van der Waals surface area contributed by atoms with E-state index in [-0.39, 0.29) is 0 Å². The van der Waals surface area contributed by atoms with E-state index in [2.05, 4.69) is 255 Å². The van der Waals surface area contributed by atoms with Gasteiger partial charge in [0.15, 0.2) is 0 Å². The summed E-state index contributed by atoms with van der Waals surface area (Å²) in [4.78, 5) is 0. The van der Waals surface area contributed by atoms with Gasteiger partial charge in [0.1, 0.15) is 0 Å². The van der Waals surface area contributed by atoms with Gasteiger partial charge in [-0.05, 0) is 178 Å². The molecule has 0 heteroatoms. The molecule has 0 aliphatic carbocycles. The molecule has 0 radical (unpaired) electrons. The van der Waals surface area contributed by atoms with E-state index in [1.54, 1.807) is 0 Å². The fourth-order valence-corrected chi connectivity index (χ4v) is 11.1. The third kappa shape index (κ3) is 6.30. The van der Waals surface area contributed by atoms with Crippen molar-refractivity contribution in [1.29, 1.82) is 0 Å². The summed E-state index contributed by atoms with van der Waals surface area (Å²) >= 11 is 0. The summed E-state index contributed by atoms with van der Waals surface area (Å²) in [5.74, 6) is 0. The quantitative estimate of drug-likeness (QED) is 0.151. The van der Waals surface area contributed by atoms with Gasteiger partial charge in [-0.15, -0.1) is 0 Å². The molecular formula is C68H42. The summed E-state index contributed by atoms with van der Waals surface area (Å²) in [6, 6.07) is 94.6. The molecule has 0 nitrogen and oxygen atoms in total. The van der Waals surface area contributed by atoms with Gasteiger partial charge in [0, 0.05) is 0 Å². The Labute approximate surface area is 394 Å². The van der Waals surface area contributed by atoms with Crippen molar-refractivity contribution < 1.29 is 0 Å². The maximum Gasteiger partial charge on any atom is -0.00990 e. The zero-order valence-corrected chi connectivity index (χ0v) is 37.2. The Morgan fingerprint density at radius 2 is 0.368 bits per heavy atom. The van der Waals surface area contributed by atoms with Crippen LogP contribution in [0.4, 0.5) is 0 Å². The zero-order valence-electron chi connectivity index (χ0n) is 37.2. The zero-order chi connectivity index (χ0) is 44.7. The lowest BCUT2D eigenvalue weighted by molar-refractivity contribution is 1.63. The fraction of sp³-hybridized carbons (Fsp3) is 0. The van der Waals surface area contributed by atoms with E-state index in [0.717, 1.165) is 0 Å². The molecule has 14 aromatic carbocycles. The normalized spacial score (nSPS) is 11.8. The molecule has 0 saturated carbocycles. The van der Waals surface area contributed by atoms with Crippen molar-refractivity contribution in [3.05, 3.63) is 255 Å². The minimum Gasteiger partial charge on any atom is -0.0616 e. The number of fused-ring (bicyclic) bond motifs is 12. The van der Waals surface area contributed by atoms with E-state index in [0.29, 0.717) is 0 Å². The van der Waals surface area contributed by atoms with Gasteiger partial charge in [-0.1, -0.05) is 218 Å². The van der Waals surface area contributed by atoms with E-state index >= 15 is 0 Å². The first-order valence-electron chi connectivity index (χ1n) is 23.6. The van der Waals surface area contributed by atoms with Crippen LogP contribution in [0.25, 0.3) is 142 Å². The van der Waals surface area contributed by atoms with Crippen molar-refractivity contribution in [2.24, 2.45) is 0 Å². The molecule has 14 aromatic rings. The first kappa shape index (κ1) is 38.4. The Kier molecular flexibility index (Phi) is 8.69. The molecule has 314 valence electrons. The molecule has 0 N–H and O–H groups in total. The topological polar surface area (TPSA) is 0 Å². The summed E-state index contributed by atoms with van der Waals surface area (Å²) in [6.45, 7) is 0. The molecular weight excluding hydrogens is 817 g/mol. The summed E-state index contributed by atoms with van der Waals surface area (Å²) in [6.07, 6.45) is 0. The molecule has 0 spiro atoms. The predicted molar refractivity (Wildman–Crippen MR) is 294 cm³/mol. The summed E-state index contributed by atoms with van der Waals surface area (Å²) in [5.41, 5.74) is 12.4. The van der Waals surface area contributed by atoms with Crippen LogP contribution in [0.5, 0.6) is 0 Å². The van der Waals surface area contributed by atoms with E-state index in [1.165, 1.54) is 142 Å². The van der Waals surface area contributed by atoms with Crippen LogP contribution >= 0.6 is 0 Å². The molecule has 0 aliphatic heterocycles. The molecule has 0 aromatic heterocycles. The van der Waals surface area contributed by atoms with Gasteiger partial charge in [-0.2, -0.15) is 0 Å². The molecule has 0 saturated heterocycles. The smallest absolute Gasteiger partial charge is 0.00990 e. The van der Waals surface area contributed by atoms with Crippen molar-refractivity contribution in [1.82, 2.24) is 0 Å². The Balaban J connectivity index is 0.731. The highest BCUT2D eigenvalue weighted by Gasteiger charge is 2.13. The Morgan fingerprint density at radius 1 is 0.132 bits per heavy atom. The van der Waals surface area contributed by atoms with Gasteiger partial charge in [0.2, 0.25) is 0 Å². The number of rotatable bonds is 5. The van der Waals surface area contributed by atoms with Crippen LogP contribution < -0.4 is 0 Å². The monoisotopic (exact) mass is 858 g/mol. The number of benzene rings is 14. The highest BCUT2D eigenvalue weighted by atomic mass is 14.2. The first-order valence-corrected chi connectivity index (χ1v) is 23.6. The van der Waals surface area contributed by atoms with E-state index in [1.807, 2.05) is 0 Å². The molecule has 0 aliphatic rings. The Morgan fingerprint density at radius 3 is 0.721 bits per heavy atom. The van der Waals surface area contributed by atoms with Crippen molar-refractivity contribution >= 4 is 86.2 Å². The largest absolute Gasteiger partial charge is 0.0616 e. The van der Waals surface area contributed by atoms with Gasteiger partial charge >= 0.3 is 0 Å². The summed E-state index contributed by atoms with van der Waals surface area (Å²) in [5, 5.41) is 20.4. The first-order chi connectivity index (χ1) is 33.7. The van der Waals surface area contributed by atoms with Gasteiger partial charge in [0.05, 0.1) is 0 Å². The maximum atomic E-state index is 2.35. The highest BCUT2D eigenvalue weighted by Crippen LogP contribution is 2.40. The van der Waals surface area contributed by atoms with Crippen LogP contribution in [0.15, 0.2) is 255 Å². The van der Waals surface area contributed by atoms with Crippen molar-refractivity contribution in [3.8, 4) is 55.6 Å². The molecule has 68 heavy (non-hydrogen) atoms.